The van der Waals surface area contributed by atoms with Gasteiger partial charge in [0.15, 0.2) is 0 Å². The first-order chi connectivity index (χ1) is 9.80. The van der Waals surface area contributed by atoms with Gasteiger partial charge in [-0.25, -0.2) is 0 Å². The Bertz CT molecular complexity index is 282. The van der Waals surface area contributed by atoms with E-state index in [-0.39, 0.29) is 0 Å². The van der Waals surface area contributed by atoms with Crippen molar-refractivity contribution in [2.75, 3.05) is 32.8 Å². The molecule has 20 heavy (non-hydrogen) atoms. The largest absolute Gasteiger partial charge is 0.381 e. The van der Waals surface area contributed by atoms with E-state index in [1.54, 1.807) is 0 Å². The van der Waals surface area contributed by atoms with Crippen LogP contribution in [0, 0.1) is 17.3 Å². The third-order valence-corrected chi connectivity index (χ3v) is 6.24. The third kappa shape index (κ3) is 3.57. The molecule has 116 valence electrons. The monoisotopic (exact) mass is 279 g/mol. The van der Waals surface area contributed by atoms with Crippen molar-refractivity contribution in [3.05, 3.63) is 0 Å². The Kier molecular flexibility index (Phi) is 5.04. The minimum absolute atomic E-state index is 0.770. The van der Waals surface area contributed by atoms with Crippen molar-refractivity contribution in [3.63, 3.8) is 0 Å². The van der Waals surface area contributed by atoms with Crippen LogP contribution in [0.15, 0.2) is 0 Å². The Morgan fingerprint density at radius 1 is 0.950 bits per heavy atom. The molecule has 0 radical (unpaired) electrons. The lowest BCUT2D eigenvalue weighted by atomic mass is 9.68. The molecule has 1 heterocycles. The van der Waals surface area contributed by atoms with E-state index >= 15 is 0 Å². The minimum atomic E-state index is 0.770. The van der Waals surface area contributed by atoms with Crippen LogP contribution in [-0.2, 0) is 4.74 Å². The molecule has 1 aliphatic heterocycles. The van der Waals surface area contributed by atoms with E-state index < -0.39 is 0 Å². The van der Waals surface area contributed by atoms with Gasteiger partial charge in [-0.1, -0.05) is 19.3 Å². The van der Waals surface area contributed by atoms with Crippen LogP contribution in [-0.4, -0.2) is 37.7 Å². The fourth-order valence-electron chi connectivity index (χ4n) is 4.82. The molecule has 0 N–H and O–H groups in total. The second kappa shape index (κ2) is 6.79. The summed E-state index contributed by atoms with van der Waals surface area (Å²) in [6.45, 7) is 8.13. The summed E-state index contributed by atoms with van der Waals surface area (Å²) in [7, 11) is 0. The number of ether oxygens (including phenoxy) is 1. The highest BCUT2D eigenvalue weighted by molar-refractivity contribution is 4.90. The van der Waals surface area contributed by atoms with Crippen molar-refractivity contribution in [3.8, 4) is 0 Å². The lowest BCUT2D eigenvalue weighted by molar-refractivity contribution is 0.0154. The number of likely N-dealkylation sites (tertiary alicyclic amines) is 1. The minimum Gasteiger partial charge on any atom is -0.381 e. The van der Waals surface area contributed by atoms with Crippen molar-refractivity contribution in [2.24, 2.45) is 17.3 Å². The summed E-state index contributed by atoms with van der Waals surface area (Å²) in [4.78, 5) is 2.77. The second-order valence-corrected chi connectivity index (χ2v) is 7.72. The summed E-state index contributed by atoms with van der Waals surface area (Å²) in [6, 6.07) is 0. The van der Waals surface area contributed by atoms with E-state index in [0.29, 0.717) is 0 Å². The van der Waals surface area contributed by atoms with E-state index in [1.807, 2.05) is 0 Å². The predicted molar refractivity (Wildman–Crippen MR) is 83.9 cm³/mol. The highest BCUT2D eigenvalue weighted by Crippen LogP contribution is 2.45. The van der Waals surface area contributed by atoms with E-state index in [1.165, 1.54) is 77.4 Å². The Labute approximate surface area is 125 Å². The van der Waals surface area contributed by atoms with Gasteiger partial charge in [0, 0.05) is 19.8 Å². The molecule has 0 aromatic heterocycles. The smallest absolute Gasteiger partial charge is 0.0494 e. The van der Waals surface area contributed by atoms with Gasteiger partial charge in [-0.05, 0) is 75.8 Å². The number of rotatable bonds is 5. The van der Waals surface area contributed by atoms with Crippen LogP contribution in [0.2, 0.25) is 0 Å². The Hall–Kier alpha value is -0.0800. The van der Waals surface area contributed by atoms with E-state index in [0.717, 1.165) is 30.5 Å². The quantitative estimate of drug-likeness (QED) is 0.751. The summed E-state index contributed by atoms with van der Waals surface area (Å²) >= 11 is 0. The van der Waals surface area contributed by atoms with Crippen LogP contribution in [0.4, 0.5) is 0 Å². The average molecular weight is 279 g/mol. The van der Waals surface area contributed by atoms with Gasteiger partial charge in [-0.15, -0.1) is 0 Å². The molecule has 0 unspecified atom stereocenters. The molecular weight excluding hydrogens is 246 g/mol. The van der Waals surface area contributed by atoms with Gasteiger partial charge in [0.1, 0.15) is 0 Å². The Balaban J connectivity index is 1.33. The molecule has 0 atom stereocenters. The molecule has 2 nitrogen and oxygen atoms in total. The summed E-state index contributed by atoms with van der Waals surface area (Å²) in [5, 5.41) is 0. The molecule has 1 spiro atoms. The zero-order valence-corrected chi connectivity index (χ0v) is 13.4. The topological polar surface area (TPSA) is 12.5 Å². The average Bonchev–Trinajstić information content (AvgIpc) is 2.44. The predicted octanol–water partition coefficient (Wildman–Crippen LogP) is 4.10. The van der Waals surface area contributed by atoms with Gasteiger partial charge >= 0.3 is 0 Å². The van der Waals surface area contributed by atoms with Gasteiger partial charge < -0.3 is 9.64 Å². The number of hydrogen-bond donors (Lipinski definition) is 0. The van der Waals surface area contributed by atoms with Crippen molar-refractivity contribution in [1.29, 1.82) is 0 Å². The standard InChI is InChI=1S/C18H33NO/c1-2-20-15-17-12-16(13-17)14-19-10-8-18(9-11-19)6-4-3-5-7-18/h16-17H,2-15H2,1H3. The highest BCUT2D eigenvalue weighted by Gasteiger charge is 2.37. The maximum Gasteiger partial charge on any atom is 0.0494 e. The Morgan fingerprint density at radius 2 is 1.65 bits per heavy atom. The van der Waals surface area contributed by atoms with Crippen LogP contribution in [0.25, 0.3) is 0 Å². The zero-order chi connectivity index (χ0) is 13.8. The molecular formula is C18H33NO. The summed E-state index contributed by atoms with van der Waals surface area (Å²) in [5.41, 5.74) is 0.770. The molecule has 0 bridgehead atoms. The van der Waals surface area contributed by atoms with Gasteiger partial charge in [0.2, 0.25) is 0 Å². The van der Waals surface area contributed by atoms with Crippen LogP contribution in [0.3, 0.4) is 0 Å². The molecule has 2 aliphatic carbocycles. The molecule has 2 saturated carbocycles. The van der Waals surface area contributed by atoms with Crippen molar-refractivity contribution < 1.29 is 4.74 Å². The van der Waals surface area contributed by atoms with Crippen LogP contribution >= 0.6 is 0 Å². The SMILES string of the molecule is CCOCC1CC(CN2CCC3(CCCCC3)CC2)C1. The molecule has 3 fully saturated rings. The van der Waals surface area contributed by atoms with Crippen LogP contribution in [0.5, 0.6) is 0 Å². The second-order valence-electron chi connectivity index (χ2n) is 7.72. The van der Waals surface area contributed by atoms with E-state index in [2.05, 4.69) is 11.8 Å². The van der Waals surface area contributed by atoms with Crippen molar-refractivity contribution >= 4 is 0 Å². The maximum atomic E-state index is 5.54. The normalized spacial score (nSPS) is 34.0. The number of hydrogen-bond acceptors (Lipinski definition) is 2. The summed E-state index contributed by atoms with van der Waals surface area (Å²) < 4.78 is 5.54. The fraction of sp³-hybridized carbons (Fsp3) is 1.00. The lowest BCUT2D eigenvalue weighted by Crippen LogP contribution is -2.45. The summed E-state index contributed by atoms with van der Waals surface area (Å²) in [5.74, 6) is 1.84. The number of nitrogens with zero attached hydrogens (tertiary/aromatic N) is 1. The Morgan fingerprint density at radius 3 is 2.30 bits per heavy atom. The van der Waals surface area contributed by atoms with Crippen LogP contribution in [0.1, 0.15) is 64.7 Å². The molecule has 2 heteroatoms. The van der Waals surface area contributed by atoms with E-state index in [9.17, 15) is 0 Å². The lowest BCUT2D eigenvalue weighted by Gasteiger charge is -2.46. The molecule has 0 aromatic carbocycles. The zero-order valence-electron chi connectivity index (χ0n) is 13.4. The van der Waals surface area contributed by atoms with Gasteiger partial charge in [0.05, 0.1) is 0 Å². The third-order valence-electron chi connectivity index (χ3n) is 6.24. The molecule has 1 saturated heterocycles. The number of piperidine rings is 1. The highest BCUT2D eigenvalue weighted by atomic mass is 16.5. The van der Waals surface area contributed by atoms with Gasteiger partial charge in [-0.3, -0.25) is 0 Å². The molecule has 3 aliphatic rings. The molecule has 3 rings (SSSR count). The van der Waals surface area contributed by atoms with Crippen LogP contribution < -0.4 is 0 Å². The first-order valence-corrected chi connectivity index (χ1v) is 9.10. The first-order valence-electron chi connectivity index (χ1n) is 9.10. The summed E-state index contributed by atoms with van der Waals surface area (Å²) in [6.07, 6.45) is 13.4. The van der Waals surface area contributed by atoms with Crippen molar-refractivity contribution in [1.82, 2.24) is 4.90 Å². The van der Waals surface area contributed by atoms with Crippen molar-refractivity contribution in [2.45, 2.75) is 64.7 Å². The maximum absolute atomic E-state index is 5.54. The van der Waals surface area contributed by atoms with Gasteiger partial charge in [-0.2, -0.15) is 0 Å². The molecule has 0 aromatic rings. The van der Waals surface area contributed by atoms with Gasteiger partial charge in [0.25, 0.3) is 0 Å². The molecule has 0 amide bonds. The first kappa shape index (κ1) is 14.8. The fourth-order valence-corrected chi connectivity index (χ4v) is 4.82. The van der Waals surface area contributed by atoms with E-state index in [4.69, 9.17) is 4.74 Å².